The van der Waals surface area contributed by atoms with Gasteiger partial charge in [0.25, 0.3) is 0 Å². The van der Waals surface area contributed by atoms with Crippen LogP contribution in [0.2, 0.25) is 0 Å². The molecule has 0 bridgehead atoms. The molecule has 0 atom stereocenters. The van der Waals surface area contributed by atoms with E-state index in [2.05, 4.69) is 44.6 Å². The van der Waals surface area contributed by atoms with Gasteiger partial charge in [0, 0.05) is 51.2 Å². The first-order valence-corrected chi connectivity index (χ1v) is 10.9. The molecular formula is C24H29N7. The molecule has 3 aromatic rings. The van der Waals surface area contributed by atoms with E-state index in [0.29, 0.717) is 11.5 Å². The molecule has 1 aromatic heterocycles. The van der Waals surface area contributed by atoms with Crippen LogP contribution in [-0.4, -0.2) is 72.6 Å². The van der Waals surface area contributed by atoms with E-state index < -0.39 is 0 Å². The molecule has 0 saturated carbocycles. The van der Waals surface area contributed by atoms with Crippen LogP contribution < -0.4 is 10.6 Å². The molecule has 0 spiro atoms. The molecule has 160 valence electrons. The topological polar surface area (TPSA) is 80.1 Å². The Bertz CT molecular complexity index is 1030. The van der Waals surface area contributed by atoms with E-state index in [-0.39, 0.29) is 0 Å². The molecule has 2 heterocycles. The van der Waals surface area contributed by atoms with Gasteiger partial charge >= 0.3 is 0 Å². The van der Waals surface area contributed by atoms with Crippen LogP contribution in [0.4, 0.5) is 11.8 Å². The summed E-state index contributed by atoms with van der Waals surface area (Å²) in [6.07, 6.45) is 0.841. The van der Waals surface area contributed by atoms with Crippen LogP contribution in [0.25, 0.3) is 10.9 Å². The quantitative estimate of drug-likeness (QED) is 0.586. The minimum atomic E-state index is 0.634. The zero-order valence-corrected chi connectivity index (χ0v) is 18.0. The van der Waals surface area contributed by atoms with Gasteiger partial charge < -0.3 is 15.5 Å². The van der Waals surface area contributed by atoms with Crippen molar-refractivity contribution in [3.63, 3.8) is 0 Å². The second-order valence-electron chi connectivity index (χ2n) is 7.97. The highest BCUT2D eigenvalue weighted by molar-refractivity contribution is 5.90. The number of nitrogens with zero attached hydrogens (tertiary/aromatic N) is 5. The number of anilines is 2. The summed E-state index contributed by atoms with van der Waals surface area (Å²) < 4.78 is 0. The lowest BCUT2D eigenvalue weighted by atomic mass is 10.1. The molecule has 0 radical (unpaired) electrons. The third-order valence-electron chi connectivity index (χ3n) is 5.70. The molecule has 2 aromatic carbocycles. The van der Waals surface area contributed by atoms with Gasteiger partial charge in [-0.05, 0) is 43.3 Å². The van der Waals surface area contributed by atoms with Crippen LogP contribution in [0.15, 0.2) is 48.5 Å². The molecular weight excluding hydrogens is 386 g/mol. The fourth-order valence-corrected chi connectivity index (χ4v) is 3.76. The van der Waals surface area contributed by atoms with Crippen LogP contribution >= 0.6 is 0 Å². The number of benzene rings is 2. The molecule has 31 heavy (non-hydrogen) atoms. The standard InChI is InChI=1S/C24H29N7/c1-30-14-16-31(17-15-30)13-12-26-23-21-4-2-3-5-22(21)28-24(29-23)27-11-10-19-6-8-20(18-25)9-7-19/h2-9H,10-17H2,1H3,(H2,26,27,28,29). The first kappa shape index (κ1) is 21.0. The van der Waals surface area contributed by atoms with Gasteiger partial charge in [0.05, 0.1) is 17.1 Å². The first-order chi connectivity index (χ1) is 15.2. The molecule has 1 saturated heterocycles. The largest absolute Gasteiger partial charge is 0.368 e. The highest BCUT2D eigenvalue weighted by Gasteiger charge is 2.13. The van der Waals surface area contributed by atoms with Gasteiger partial charge in [-0.15, -0.1) is 0 Å². The second kappa shape index (κ2) is 10.2. The van der Waals surface area contributed by atoms with Gasteiger partial charge in [0.2, 0.25) is 5.95 Å². The van der Waals surface area contributed by atoms with Crippen LogP contribution in [0.1, 0.15) is 11.1 Å². The summed E-state index contributed by atoms with van der Waals surface area (Å²) in [5.41, 5.74) is 2.79. The van der Waals surface area contributed by atoms with Crippen LogP contribution in [0.5, 0.6) is 0 Å². The highest BCUT2D eigenvalue weighted by atomic mass is 15.3. The third-order valence-corrected chi connectivity index (χ3v) is 5.70. The van der Waals surface area contributed by atoms with Gasteiger partial charge in [-0.3, -0.25) is 4.90 Å². The minimum Gasteiger partial charge on any atom is -0.368 e. The zero-order valence-electron chi connectivity index (χ0n) is 18.0. The van der Waals surface area contributed by atoms with Crippen molar-refractivity contribution < 1.29 is 0 Å². The number of para-hydroxylation sites is 1. The van der Waals surface area contributed by atoms with Gasteiger partial charge in [0.1, 0.15) is 5.82 Å². The Labute approximate surface area is 183 Å². The number of nitrogens with one attached hydrogen (secondary N) is 2. The maximum absolute atomic E-state index is 8.92. The van der Waals surface area contributed by atoms with E-state index in [1.165, 1.54) is 5.56 Å². The Kier molecular flexibility index (Phi) is 6.92. The van der Waals surface area contributed by atoms with E-state index in [1.807, 2.05) is 42.5 Å². The summed E-state index contributed by atoms with van der Waals surface area (Å²) >= 11 is 0. The second-order valence-corrected chi connectivity index (χ2v) is 7.97. The maximum Gasteiger partial charge on any atom is 0.225 e. The van der Waals surface area contributed by atoms with Crippen molar-refractivity contribution in [2.24, 2.45) is 0 Å². The van der Waals surface area contributed by atoms with E-state index in [1.54, 1.807) is 0 Å². The predicted octanol–water partition coefficient (Wildman–Crippen LogP) is 2.82. The SMILES string of the molecule is CN1CCN(CCNc2nc(NCCc3ccc(C#N)cc3)nc3ccccc23)CC1. The van der Waals surface area contributed by atoms with E-state index >= 15 is 0 Å². The summed E-state index contributed by atoms with van der Waals surface area (Å²) in [6.45, 7) is 7.08. The Hall–Kier alpha value is -3.21. The fraction of sp³-hybridized carbons (Fsp3) is 0.375. The smallest absolute Gasteiger partial charge is 0.225 e. The molecule has 2 N–H and O–H groups in total. The summed E-state index contributed by atoms with van der Waals surface area (Å²) in [4.78, 5) is 14.3. The molecule has 0 unspecified atom stereocenters. The highest BCUT2D eigenvalue weighted by Crippen LogP contribution is 2.21. The fourth-order valence-electron chi connectivity index (χ4n) is 3.76. The Morgan fingerprint density at radius 2 is 1.71 bits per heavy atom. The number of likely N-dealkylation sites (N-methyl/N-ethyl adjacent to an activating group) is 1. The molecule has 7 nitrogen and oxygen atoms in total. The Balaban J connectivity index is 1.37. The van der Waals surface area contributed by atoms with Crippen molar-refractivity contribution in [2.45, 2.75) is 6.42 Å². The van der Waals surface area contributed by atoms with E-state index in [0.717, 1.165) is 69.0 Å². The number of hydrogen-bond donors (Lipinski definition) is 2. The lowest BCUT2D eigenvalue weighted by Gasteiger charge is -2.32. The van der Waals surface area contributed by atoms with Crippen LogP contribution in [-0.2, 0) is 6.42 Å². The molecule has 1 fully saturated rings. The number of hydrogen-bond acceptors (Lipinski definition) is 7. The predicted molar refractivity (Wildman–Crippen MR) is 125 cm³/mol. The van der Waals surface area contributed by atoms with Gasteiger partial charge in [-0.25, -0.2) is 4.98 Å². The first-order valence-electron chi connectivity index (χ1n) is 10.9. The average Bonchev–Trinajstić information content (AvgIpc) is 2.81. The monoisotopic (exact) mass is 415 g/mol. The van der Waals surface area contributed by atoms with Crippen molar-refractivity contribution in [1.82, 2.24) is 19.8 Å². The van der Waals surface area contributed by atoms with Crippen molar-refractivity contribution in [3.8, 4) is 6.07 Å². The molecule has 1 aliphatic heterocycles. The molecule has 0 aliphatic carbocycles. The summed E-state index contributed by atoms with van der Waals surface area (Å²) in [5, 5.41) is 16.8. The van der Waals surface area contributed by atoms with Crippen LogP contribution in [0.3, 0.4) is 0 Å². The number of rotatable bonds is 8. The van der Waals surface area contributed by atoms with Crippen LogP contribution in [0, 0.1) is 11.3 Å². The molecule has 4 rings (SSSR count). The molecule has 1 aliphatic rings. The van der Waals surface area contributed by atoms with Crippen molar-refractivity contribution in [1.29, 1.82) is 5.26 Å². The number of aromatic nitrogens is 2. The number of nitriles is 1. The van der Waals surface area contributed by atoms with Gasteiger partial charge in [-0.2, -0.15) is 10.2 Å². The summed E-state index contributed by atoms with van der Waals surface area (Å²) in [5.74, 6) is 1.51. The Morgan fingerprint density at radius 3 is 2.48 bits per heavy atom. The van der Waals surface area contributed by atoms with Gasteiger partial charge in [0.15, 0.2) is 0 Å². The van der Waals surface area contributed by atoms with Crippen molar-refractivity contribution >= 4 is 22.7 Å². The van der Waals surface area contributed by atoms with Gasteiger partial charge in [-0.1, -0.05) is 24.3 Å². The van der Waals surface area contributed by atoms with Crippen molar-refractivity contribution in [3.05, 3.63) is 59.7 Å². The normalized spacial score (nSPS) is 15.0. The average molecular weight is 416 g/mol. The third kappa shape index (κ3) is 5.69. The summed E-state index contributed by atoms with van der Waals surface area (Å²) in [7, 11) is 2.18. The lowest BCUT2D eigenvalue weighted by Crippen LogP contribution is -2.45. The zero-order chi connectivity index (χ0) is 21.5. The molecule has 0 amide bonds. The molecule has 7 heteroatoms. The lowest BCUT2D eigenvalue weighted by molar-refractivity contribution is 0.158. The maximum atomic E-state index is 8.92. The summed E-state index contributed by atoms with van der Waals surface area (Å²) in [6, 6.07) is 18.0. The van der Waals surface area contributed by atoms with E-state index in [9.17, 15) is 0 Å². The number of piperazine rings is 1. The Morgan fingerprint density at radius 1 is 0.935 bits per heavy atom. The van der Waals surface area contributed by atoms with Crippen molar-refractivity contribution in [2.75, 3.05) is 63.5 Å². The van der Waals surface area contributed by atoms with E-state index in [4.69, 9.17) is 10.2 Å². The number of fused-ring (bicyclic) bond motifs is 1. The minimum absolute atomic E-state index is 0.634.